The third kappa shape index (κ3) is 3.66. The third-order valence-electron chi connectivity index (χ3n) is 2.35. The van der Waals surface area contributed by atoms with E-state index in [4.69, 9.17) is 5.73 Å². The first kappa shape index (κ1) is 12.7. The van der Waals surface area contributed by atoms with E-state index in [1.54, 1.807) is 6.33 Å². The Bertz CT molecular complexity index is 335. The Labute approximate surface area is 97.1 Å². The molecule has 0 radical (unpaired) electrons. The van der Waals surface area contributed by atoms with Crippen LogP contribution in [0.1, 0.15) is 20.3 Å². The van der Waals surface area contributed by atoms with Crippen LogP contribution in [0.15, 0.2) is 12.4 Å². The van der Waals surface area contributed by atoms with Crippen molar-refractivity contribution in [2.45, 2.75) is 25.8 Å². The maximum Gasteiger partial charge on any atom is 0.133 e. The molecule has 0 aliphatic rings. The van der Waals surface area contributed by atoms with Gasteiger partial charge in [0.05, 0.1) is 0 Å². The summed E-state index contributed by atoms with van der Waals surface area (Å²) in [6.45, 7) is 4.88. The van der Waals surface area contributed by atoms with E-state index in [0.29, 0.717) is 6.54 Å². The molecule has 0 spiro atoms. The first-order valence-electron chi connectivity index (χ1n) is 5.42. The standard InChI is InChI=1S/C11H21N5/c1-11(2,5-6-12)15-9-7-10(16(3)4)14-8-13-9/h7-8H,5-6,12H2,1-4H3,(H,13,14,15). The molecule has 0 atom stereocenters. The maximum absolute atomic E-state index is 5.57. The molecular formula is C11H21N5. The Morgan fingerprint density at radius 1 is 1.38 bits per heavy atom. The topological polar surface area (TPSA) is 67.1 Å². The number of hydrogen-bond donors (Lipinski definition) is 2. The maximum atomic E-state index is 5.57. The summed E-state index contributed by atoms with van der Waals surface area (Å²) in [5.74, 6) is 1.72. The minimum atomic E-state index is -0.0489. The molecule has 0 unspecified atom stereocenters. The van der Waals surface area contributed by atoms with Crippen LogP contribution in [0.2, 0.25) is 0 Å². The Hall–Kier alpha value is -1.36. The van der Waals surface area contributed by atoms with E-state index in [9.17, 15) is 0 Å². The molecule has 0 bridgehead atoms. The van der Waals surface area contributed by atoms with Gasteiger partial charge in [-0.1, -0.05) is 0 Å². The average molecular weight is 223 g/mol. The monoisotopic (exact) mass is 223 g/mol. The summed E-state index contributed by atoms with van der Waals surface area (Å²) in [6.07, 6.45) is 2.46. The molecule has 1 heterocycles. The van der Waals surface area contributed by atoms with Gasteiger partial charge in [-0.25, -0.2) is 9.97 Å². The molecule has 1 aromatic rings. The number of anilines is 2. The van der Waals surface area contributed by atoms with E-state index in [1.807, 2.05) is 25.1 Å². The van der Waals surface area contributed by atoms with Gasteiger partial charge in [-0.2, -0.15) is 0 Å². The van der Waals surface area contributed by atoms with Crippen molar-refractivity contribution in [1.82, 2.24) is 9.97 Å². The average Bonchev–Trinajstić information content (AvgIpc) is 2.17. The number of aromatic nitrogens is 2. The molecular weight excluding hydrogens is 202 g/mol. The second-order valence-electron chi connectivity index (χ2n) is 4.70. The van der Waals surface area contributed by atoms with E-state index >= 15 is 0 Å². The van der Waals surface area contributed by atoms with E-state index in [-0.39, 0.29) is 5.54 Å². The zero-order chi connectivity index (χ0) is 12.2. The third-order valence-corrected chi connectivity index (χ3v) is 2.35. The zero-order valence-electron chi connectivity index (χ0n) is 10.5. The molecule has 3 N–H and O–H groups in total. The van der Waals surface area contributed by atoms with Gasteiger partial charge >= 0.3 is 0 Å². The van der Waals surface area contributed by atoms with Crippen LogP contribution in [0, 0.1) is 0 Å². The Kier molecular flexibility index (Phi) is 4.06. The van der Waals surface area contributed by atoms with Crippen molar-refractivity contribution >= 4 is 11.6 Å². The van der Waals surface area contributed by atoms with Crippen molar-refractivity contribution in [3.8, 4) is 0 Å². The van der Waals surface area contributed by atoms with Crippen molar-refractivity contribution < 1.29 is 0 Å². The predicted molar refractivity (Wildman–Crippen MR) is 67.7 cm³/mol. The molecule has 90 valence electrons. The smallest absolute Gasteiger partial charge is 0.133 e. The summed E-state index contributed by atoms with van der Waals surface area (Å²) in [5.41, 5.74) is 5.52. The zero-order valence-corrected chi connectivity index (χ0v) is 10.5. The van der Waals surface area contributed by atoms with Gasteiger partial charge in [0, 0.05) is 25.7 Å². The molecule has 1 rings (SSSR count). The molecule has 0 aliphatic carbocycles. The van der Waals surface area contributed by atoms with E-state index in [0.717, 1.165) is 18.1 Å². The van der Waals surface area contributed by atoms with E-state index < -0.39 is 0 Å². The van der Waals surface area contributed by atoms with Gasteiger partial charge < -0.3 is 16.0 Å². The van der Waals surface area contributed by atoms with Gasteiger partial charge in [0.15, 0.2) is 0 Å². The van der Waals surface area contributed by atoms with Crippen LogP contribution < -0.4 is 16.0 Å². The fourth-order valence-electron chi connectivity index (χ4n) is 1.43. The minimum absolute atomic E-state index is 0.0489. The second kappa shape index (κ2) is 5.12. The summed E-state index contributed by atoms with van der Waals surface area (Å²) >= 11 is 0. The van der Waals surface area contributed by atoms with Crippen LogP contribution in [-0.4, -0.2) is 36.1 Å². The van der Waals surface area contributed by atoms with Crippen LogP contribution in [0.4, 0.5) is 11.6 Å². The van der Waals surface area contributed by atoms with Crippen molar-refractivity contribution in [3.05, 3.63) is 12.4 Å². The number of nitrogens with zero attached hydrogens (tertiary/aromatic N) is 3. The quantitative estimate of drug-likeness (QED) is 0.782. The highest BCUT2D eigenvalue weighted by molar-refractivity contribution is 5.48. The first-order valence-corrected chi connectivity index (χ1v) is 5.42. The van der Waals surface area contributed by atoms with Gasteiger partial charge in [0.1, 0.15) is 18.0 Å². The van der Waals surface area contributed by atoms with E-state index in [1.165, 1.54) is 0 Å². The van der Waals surface area contributed by atoms with Gasteiger partial charge in [-0.15, -0.1) is 0 Å². The lowest BCUT2D eigenvalue weighted by molar-refractivity contribution is 0.524. The minimum Gasteiger partial charge on any atom is -0.365 e. The van der Waals surface area contributed by atoms with Crippen molar-refractivity contribution in [1.29, 1.82) is 0 Å². The Morgan fingerprint density at radius 2 is 2.06 bits per heavy atom. The number of hydrogen-bond acceptors (Lipinski definition) is 5. The van der Waals surface area contributed by atoms with Gasteiger partial charge in [-0.3, -0.25) is 0 Å². The number of nitrogens with one attached hydrogen (secondary N) is 1. The molecule has 5 nitrogen and oxygen atoms in total. The van der Waals surface area contributed by atoms with Gasteiger partial charge in [0.2, 0.25) is 0 Å². The number of rotatable bonds is 5. The molecule has 0 fully saturated rings. The van der Waals surface area contributed by atoms with Crippen LogP contribution in [0.3, 0.4) is 0 Å². The number of nitrogens with two attached hydrogens (primary N) is 1. The molecule has 16 heavy (non-hydrogen) atoms. The predicted octanol–water partition coefficient (Wildman–Crippen LogP) is 1.08. The van der Waals surface area contributed by atoms with Gasteiger partial charge in [-0.05, 0) is 26.8 Å². The lowest BCUT2D eigenvalue weighted by atomic mass is 10.0. The molecule has 5 heteroatoms. The second-order valence-corrected chi connectivity index (χ2v) is 4.70. The van der Waals surface area contributed by atoms with E-state index in [2.05, 4.69) is 29.1 Å². The Morgan fingerprint density at radius 3 is 2.62 bits per heavy atom. The highest BCUT2D eigenvalue weighted by Crippen LogP contribution is 2.18. The summed E-state index contributed by atoms with van der Waals surface area (Å²) < 4.78 is 0. The van der Waals surface area contributed by atoms with Crippen LogP contribution in [0.5, 0.6) is 0 Å². The van der Waals surface area contributed by atoms with Crippen LogP contribution in [-0.2, 0) is 0 Å². The summed E-state index contributed by atoms with van der Waals surface area (Å²) in [4.78, 5) is 10.3. The largest absolute Gasteiger partial charge is 0.365 e. The molecule has 0 aromatic carbocycles. The Balaban J connectivity index is 2.77. The molecule has 0 amide bonds. The molecule has 0 saturated heterocycles. The van der Waals surface area contributed by atoms with Crippen LogP contribution >= 0.6 is 0 Å². The van der Waals surface area contributed by atoms with Crippen molar-refractivity contribution in [2.24, 2.45) is 5.73 Å². The summed E-state index contributed by atoms with van der Waals surface area (Å²) in [5, 5.41) is 3.36. The van der Waals surface area contributed by atoms with Crippen LogP contribution in [0.25, 0.3) is 0 Å². The summed E-state index contributed by atoms with van der Waals surface area (Å²) in [6, 6.07) is 1.93. The summed E-state index contributed by atoms with van der Waals surface area (Å²) in [7, 11) is 3.91. The normalized spacial score (nSPS) is 11.3. The lowest BCUT2D eigenvalue weighted by Gasteiger charge is -2.26. The SMILES string of the molecule is CN(C)c1cc(NC(C)(C)CCN)ncn1. The van der Waals surface area contributed by atoms with Gasteiger partial charge in [0.25, 0.3) is 0 Å². The molecule has 1 aromatic heterocycles. The van der Waals surface area contributed by atoms with Crippen molar-refractivity contribution in [2.75, 3.05) is 30.9 Å². The lowest BCUT2D eigenvalue weighted by Crippen LogP contribution is -2.33. The fourth-order valence-corrected chi connectivity index (χ4v) is 1.43. The fraction of sp³-hybridized carbons (Fsp3) is 0.636. The van der Waals surface area contributed by atoms with Crippen molar-refractivity contribution in [3.63, 3.8) is 0 Å². The highest BCUT2D eigenvalue weighted by Gasteiger charge is 2.16. The highest BCUT2D eigenvalue weighted by atomic mass is 15.2. The molecule has 0 saturated carbocycles. The first-order chi connectivity index (χ1) is 7.44. The molecule has 0 aliphatic heterocycles.